The number of hydrogen-bond acceptors (Lipinski definition) is 2. The van der Waals surface area contributed by atoms with Gasteiger partial charge in [-0.25, -0.2) is 0 Å². The van der Waals surface area contributed by atoms with Gasteiger partial charge in [-0.3, -0.25) is 4.79 Å². The number of fused-ring (bicyclic) bond motifs is 5. The number of aromatic nitrogens is 1. The van der Waals surface area contributed by atoms with Crippen LogP contribution in [0, 0.1) is 5.92 Å². The van der Waals surface area contributed by atoms with E-state index >= 15 is 0 Å². The summed E-state index contributed by atoms with van der Waals surface area (Å²) in [5.41, 5.74) is 5.14. The molecular weight excluding hydrogens is 408 g/mol. The van der Waals surface area contributed by atoms with Crippen LogP contribution >= 0.6 is 0 Å². The maximum atomic E-state index is 12.9. The van der Waals surface area contributed by atoms with Crippen molar-refractivity contribution in [3.63, 3.8) is 0 Å². The fraction of sp³-hybridized carbons (Fsp3) is 0.276. The van der Waals surface area contributed by atoms with Crippen molar-refractivity contribution in [3.05, 3.63) is 100 Å². The van der Waals surface area contributed by atoms with E-state index in [2.05, 4.69) is 65.2 Å². The molecule has 3 atom stereocenters. The molecule has 4 aromatic rings. The van der Waals surface area contributed by atoms with Crippen molar-refractivity contribution >= 4 is 10.8 Å². The van der Waals surface area contributed by atoms with Gasteiger partial charge in [-0.05, 0) is 59.2 Å². The van der Waals surface area contributed by atoms with Crippen molar-refractivity contribution in [2.45, 2.75) is 25.4 Å². The molecular formula is C29H29N2O2+. The summed E-state index contributed by atoms with van der Waals surface area (Å²) in [5.74, 6) is 1.85. The third-order valence-corrected chi connectivity index (χ3v) is 7.46. The Hall–Kier alpha value is -3.37. The molecule has 0 amide bonds. The highest BCUT2D eigenvalue weighted by Crippen LogP contribution is 2.37. The first kappa shape index (κ1) is 20.3. The Morgan fingerprint density at radius 1 is 0.939 bits per heavy atom. The van der Waals surface area contributed by atoms with Gasteiger partial charge < -0.3 is 14.2 Å². The van der Waals surface area contributed by atoms with E-state index in [0.29, 0.717) is 11.8 Å². The van der Waals surface area contributed by atoms with Crippen LogP contribution in [0.1, 0.15) is 23.6 Å². The molecule has 0 aliphatic carbocycles. The predicted molar refractivity (Wildman–Crippen MR) is 132 cm³/mol. The van der Waals surface area contributed by atoms with Crippen LogP contribution in [-0.4, -0.2) is 24.8 Å². The fourth-order valence-corrected chi connectivity index (χ4v) is 6.01. The lowest BCUT2D eigenvalue weighted by molar-refractivity contribution is -0.924. The molecule has 1 fully saturated rings. The number of rotatable bonds is 4. The number of nitrogens with zero attached hydrogens (tertiary/aromatic N) is 1. The quantitative estimate of drug-likeness (QED) is 0.526. The third kappa shape index (κ3) is 3.75. The molecule has 4 heteroatoms. The van der Waals surface area contributed by atoms with Crippen LogP contribution in [0.15, 0.2) is 83.7 Å². The summed E-state index contributed by atoms with van der Waals surface area (Å²) < 4.78 is 7.39. The smallest absolute Gasteiger partial charge is 0.250 e. The van der Waals surface area contributed by atoms with Crippen molar-refractivity contribution in [2.24, 2.45) is 5.92 Å². The van der Waals surface area contributed by atoms with Gasteiger partial charge in [-0.15, -0.1) is 0 Å². The lowest BCUT2D eigenvalue weighted by Gasteiger charge is -2.41. The normalized spacial score (nSPS) is 21.5. The zero-order valence-electron chi connectivity index (χ0n) is 19.0. The van der Waals surface area contributed by atoms with Crippen LogP contribution in [-0.2, 0) is 13.1 Å². The second kappa shape index (κ2) is 8.20. The molecule has 0 spiro atoms. The van der Waals surface area contributed by atoms with E-state index in [1.807, 2.05) is 12.1 Å². The third-order valence-electron chi connectivity index (χ3n) is 7.46. The molecule has 3 heterocycles. The second-order valence-corrected chi connectivity index (χ2v) is 9.62. The molecule has 1 saturated heterocycles. The average Bonchev–Trinajstić information content (AvgIpc) is 2.85. The Morgan fingerprint density at radius 2 is 1.76 bits per heavy atom. The molecule has 3 aromatic carbocycles. The van der Waals surface area contributed by atoms with Crippen LogP contribution in [0.3, 0.4) is 0 Å². The minimum Gasteiger partial charge on any atom is -0.497 e. The number of benzene rings is 3. The van der Waals surface area contributed by atoms with Crippen molar-refractivity contribution in [2.75, 3.05) is 20.2 Å². The van der Waals surface area contributed by atoms with Crippen molar-refractivity contribution < 1.29 is 9.64 Å². The lowest BCUT2D eigenvalue weighted by atomic mass is 9.80. The maximum Gasteiger partial charge on any atom is 0.250 e. The Morgan fingerprint density at radius 3 is 2.58 bits per heavy atom. The first-order valence-electron chi connectivity index (χ1n) is 11.9. The van der Waals surface area contributed by atoms with Gasteiger partial charge in [0, 0.05) is 41.3 Å². The molecule has 2 aliphatic rings. The van der Waals surface area contributed by atoms with Crippen LogP contribution in [0.2, 0.25) is 0 Å². The Balaban J connectivity index is 1.35. The monoisotopic (exact) mass is 437 g/mol. The van der Waals surface area contributed by atoms with Gasteiger partial charge in [0.05, 0.1) is 20.2 Å². The van der Waals surface area contributed by atoms with Crippen LogP contribution in [0.5, 0.6) is 5.75 Å². The molecule has 6 rings (SSSR count). The fourth-order valence-electron chi connectivity index (χ4n) is 6.01. The maximum absolute atomic E-state index is 12.9. The summed E-state index contributed by atoms with van der Waals surface area (Å²) in [5, 5.41) is 2.49. The molecule has 2 aliphatic heterocycles. The van der Waals surface area contributed by atoms with Gasteiger partial charge in [0.25, 0.3) is 5.56 Å². The van der Waals surface area contributed by atoms with Gasteiger partial charge >= 0.3 is 0 Å². The summed E-state index contributed by atoms with van der Waals surface area (Å²) in [6.45, 7) is 4.03. The largest absolute Gasteiger partial charge is 0.497 e. The number of likely N-dealkylation sites (tertiary alicyclic amines) is 1. The van der Waals surface area contributed by atoms with Crippen LogP contribution < -0.4 is 15.2 Å². The molecule has 0 saturated carbocycles. The Labute approximate surface area is 194 Å². The Kier molecular flexibility index (Phi) is 5.03. The Bertz CT molecular complexity index is 1370. The van der Waals surface area contributed by atoms with E-state index in [0.717, 1.165) is 31.9 Å². The molecule has 0 radical (unpaired) electrons. The van der Waals surface area contributed by atoms with Crippen molar-refractivity contribution in [1.82, 2.24) is 4.57 Å². The first-order chi connectivity index (χ1) is 16.2. The van der Waals surface area contributed by atoms with Gasteiger partial charge in [-0.2, -0.15) is 0 Å². The standard InChI is InChI=1S/C29H28N2O2/c1-33-26-10-6-20(7-11-26)16-30-17-21-14-25(19-30)29-27(12-13-28(32)31(29)18-21)24-9-8-22-4-2-3-5-23(22)15-24/h2-13,15,21,25H,14,16-19H2,1H3/p+1/t21-,25+/m0/s1. The van der Waals surface area contributed by atoms with E-state index < -0.39 is 0 Å². The molecule has 33 heavy (non-hydrogen) atoms. The molecule has 1 unspecified atom stereocenters. The second-order valence-electron chi connectivity index (χ2n) is 9.62. The molecule has 1 N–H and O–H groups in total. The number of pyridine rings is 1. The minimum atomic E-state index is 0.142. The topological polar surface area (TPSA) is 35.7 Å². The summed E-state index contributed by atoms with van der Waals surface area (Å²) >= 11 is 0. The molecule has 2 bridgehead atoms. The zero-order valence-corrected chi connectivity index (χ0v) is 19.0. The van der Waals surface area contributed by atoms with Gasteiger partial charge in [0.15, 0.2) is 0 Å². The number of nitrogens with one attached hydrogen (secondary N) is 1. The molecule has 4 nitrogen and oxygen atoms in total. The first-order valence-corrected chi connectivity index (χ1v) is 11.9. The van der Waals surface area contributed by atoms with E-state index in [1.54, 1.807) is 18.1 Å². The zero-order chi connectivity index (χ0) is 22.4. The molecule has 1 aromatic heterocycles. The summed E-state index contributed by atoms with van der Waals surface area (Å²) in [6.07, 6.45) is 1.18. The number of hydrogen-bond donors (Lipinski definition) is 1. The number of quaternary nitrogens is 1. The molecule has 166 valence electrons. The van der Waals surface area contributed by atoms with E-state index in [1.165, 1.54) is 39.6 Å². The van der Waals surface area contributed by atoms with Crippen LogP contribution in [0.25, 0.3) is 21.9 Å². The van der Waals surface area contributed by atoms with Crippen molar-refractivity contribution in [1.29, 1.82) is 0 Å². The van der Waals surface area contributed by atoms with Crippen LogP contribution in [0.4, 0.5) is 0 Å². The number of piperidine rings is 1. The highest BCUT2D eigenvalue weighted by molar-refractivity contribution is 5.87. The van der Waals surface area contributed by atoms with E-state index in [-0.39, 0.29) is 5.56 Å². The lowest BCUT2D eigenvalue weighted by Crippen LogP contribution is -3.13. The predicted octanol–water partition coefficient (Wildman–Crippen LogP) is 3.88. The summed E-state index contributed by atoms with van der Waals surface area (Å²) in [6, 6.07) is 27.4. The summed E-state index contributed by atoms with van der Waals surface area (Å²) in [4.78, 5) is 14.5. The van der Waals surface area contributed by atoms with E-state index in [9.17, 15) is 4.79 Å². The average molecular weight is 438 g/mol. The number of ether oxygens (including phenoxy) is 1. The highest BCUT2D eigenvalue weighted by Gasteiger charge is 2.38. The van der Waals surface area contributed by atoms with Gasteiger partial charge in [0.1, 0.15) is 12.3 Å². The van der Waals surface area contributed by atoms with Gasteiger partial charge in [-0.1, -0.05) is 36.4 Å². The van der Waals surface area contributed by atoms with E-state index in [4.69, 9.17) is 4.74 Å². The SMILES string of the molecule is COc1ccc(C[NH+]2C[C@@H]3C[C@H](C2)c2c(-c4ccc5ccccc5c4)ccc(=O)n2C3)cc1. The number of methoxy groups -OCH3 is 1. The minimum absolute atomic E-state index is 0.142. The summed E-state index contributed by atoms with van der Waals surface area (Å²) in [7, 11) is 1.71. The highest BCUT2D eigenvalue weighted by atomic mass is 16.5. The van der Waals surface area contributed by atoms with Gasteiger partial charge in [0.2, 0.25) is 0 Å². The van der Waals surface area contributed by atoms with Crippen molar-refractivity contribution in [3.8, 4) is 16.9 Å².